The van der Waals surface area contributed by atoms with E-state index in [1.165, 1.54) is 30.3 Å². The molecule has 2 aromatic rings. The normalized spacial score (nSPS) is 20.1. The molecule has 1 atom stereocenters. The van der Waals surface area contributed by atoms with E-state index in [1.807, 2.05) is 21.0 Å². The Morgan fingerprint density at radius 1 is 1.24 bits per heavy atom. The fourth-order valence-electron chi connectivity index (χ4n) is 3.39. The molecule has 21 heavy (non-hydrogen) atoms. The number of rotatable bonds is 2. The molecule has 5 heteroatoms. The maximum Gasteiger partial charge on any atom is 0.146 e. The molecule has 3 rings (SSSR count). The van der Waals surface area contributed by atoms with E-state index >= 15 is 0 Å². The van der Waals surface area contributed by atoms with E-state index in [-0.39, 0.29) is 0 Å². The predicted molar refractivity (Wildman–Crippen MR) is 87.1 cm³/mol. The summed E-state index contributed by atoms with van der Waals surface area (Å²) in [5.74, 6) is 1.87. The van der Waals surface area contributed by atoms with Crippen LogP contribution in [0.15, 0.2) is 6.20 Å². The summed E-state index contributed by atoms with van der Waals surface area (Å²) >= 11 is 0. The summed E-state index contributed by atoms with van der Waals surface area (Å²) in [7, 11) is 6.30. The second-order valence-corrected chi connectivity index (χ2v) is 6.47. The molecule has 0 saturated carbocycles. The van der Waals surface area contributed by atoms with Gasteiger partial charge in [-0.25, -0.2) is 9.97 Å². The second-order valence-electron chi connectivity index (χ2n) is 6.47. The van der Waals surface area contributed by atoms with Crippen LogP contribution in [0.2, 0.25) is 0 Å². The summed E-state index contributed by atoms with van der Waals surface area (Å²) < 4.78 is 2.38. The number of piperidine rings is 1. The highest BCUT2D eigenvalue weighted by atomic mass is 15.2. The summed E-state index contributed by atoms with van der Waals surface area (Å²) in [6.45, 7) is 6.44. The van der Waals surface area contributed by atoms with Crippen LogP contribution in [0.4, 0.5) is 5.82 Å². The van der Waals surface area contributed by atoms with Crippen molar-refractivity contribution in [1.29, 1.82) is 0 Å². The van der Waals surface area contributed by atoms with Gasteiger partial charge in [0.25, 0.3) is 0 Å². The van der Waals surface area contributed by atoms with Crippen molar-refractivity contribution in [1.82, 2.24) is 19.4 Å². The molecule has 1 aliphatic heterocycles. The third kappa shape index (κ3) is 2.50. The van der Waals surface area contributed by atoms with E-state index in [2.05, 4.69) is 39.5 Å². The molecule has 0 radical (unpaired) electrons. The fourth-order valence-corrected chi connectivity index (χ4v) is 3.39. The zero-order valence-corrected chi connectivity index (χ0v) is 13.7. The first-order valence-corrected chi connectivity index (χ1v) is 7.69. The molecule has 1 aliphatic rings. The molecule has 0 aromatic carbocycles. The quantitative estimate of drug-likeness (QED) is 0.850. The summed E-state index contributed by atoms with van der Waals surface area (Å²) in [6, 6.07) is 0.518. The zero-order chi connectivity index (χ0) is 15.1. The molecule has 0 aliphatic carbocycles. The van der Waals surface area contributed by atoms with Gasteiger partial charge in [-0.05, 0) is 45.8 Å². The Labute approximate surface area is 126 Å². The number of likely N-dealkylation sites (tertiary alicyclic amines) is 1. The number of hydrogen-bond donors (Lipinski definition) is 0. The highest BCUT2D eigenvalue weighted by Crippen LogP contribution is 2.32. The second kappa shape index (κ2) is 5.30. The van der Waals surface area contributed by atoms with Crippen molar-refractivity contribution in [3.8, 4) is 0 Å². The lowest BCUT2D eigenvalue weighted by Gasteiger charge is -2.31. The summed E-state index contributed by atoms with van der Waals surface area (Å²) in [5.41, 5.74) is 2.35. The lowest BCUT2D eigenvalue weighted by atomic mass is 10.1. The van der Waals surface area contributed by atoms with Gasteiger partial charge in [-0.2, -0.15) is 0 Å². The molecular formula is C16H25N5. The average molecular weight is 287 g/mol. The number of fused-ring (bicyclic) bond motifs is 1. The minimum Gasteiger partial charge on any atom is -0.362 e. The van der Waals surface area contributed by atoms with Crippen molar-refractivity contribution in [2.45, 2.75) is 32.7 Å². The summed E-state index contributed by atoms with van der Waals surface area (Å²) in [6.07, 6.45) is 4.74. The largest absolute Gasteiger partial charge is 0.362 e. The van der Waals surface area contributed by atoms with Crippen LogP contribution in [-0.4, -0.2) is 53.7 Å². The van der Waals surface area contributed by atoms with Crippen LogP contribution >= 0.6 is 0 Å². The highest BCUT2D eigenvalue weighted by Gasteiger charge is 2.23. The first kappa shape index (κ1) is 14.3. The third-order valence-corrected chi connectivity index (χ3v) is 4.37. The van der Waals surface area contributed by atoms with Gasteiger partial charge in [0, 0.05) is 32.9 Å². The van der Waals surface area contributed by atoms with Gasteiger partial charge in [-0.15, -0.1) is 0 Å². The average Bonchev–Trinajstić information content (AvgIpc) is 2.75. The van der Waals surface area contributed by atoms with Gasteiger partial charge >= 0.3 is 0 Å². The molecule has 1 saturated heterocycles. The van der Waals surface area contributed by atoms with Gasteiger partial charge in [0.05, 0.1) is 5.39 Å². The molecule has 0 spiro atoms. The van der Waals surface area contributed by atoms with Crippen LogP contribution in [0.25, 0.3) is 11.0 Å². The maximum atomic E-state index is 4.75. The van der Waals surface area contributed by atoms with Crippen LogP contribution in [0, 0.1) is 13.8 Å². The standard InChI is InChI=1S/C16H25N5/c1-11-9-21(13-7-6-8-20(5)10-13)16-14(11)15(19(3)4)17-12(2)18-16/h9,13H,6-8,10H2,1-5H3. The lowest BCUT2D eigenvalue weighted by molar-refractivity contribution is 0.214. The molecule has 5 nitrogen and oxygen atoms in total. The number of anilines is 1. The molecule has 2 aromatic heterocycles. The third-order valence-electron chi connectivity index (χ3n) is 4.37. The van der Waals surface area contributed by atoms with Crippen molar-refractivity contribution in [3.63, 3.8) is 0 Å². The minimum atomic E-state index is 0.518. The van der Waals surface area contributed by atoms with Crippen molar-refractivity contribution in [2.24, 2.45) is 0 Å². The van der Waals surface area contributed by atoms with Gasteiger partial charge in [-0.3, -0.25) is 0 Å². The lowest BCUT2D eigenvalue weighted by Crippen LogP contribution is -2.33. The number of hydrogen-bond acceptors (Lipinski definition) is 4. The summed E-state index contributed by atoms with van der Waals surface area (Å²) in [4.78, 5) is 13.9. The first-order valence-electron chi connectivity index (χ1n) is 7.69. The number of aromatic nitrogens is 3. The highest BCUT2D eigenvalue weighted by molar-refractivity contribution is 5.91. The van der Waals surface area contributed by atoms with E-state index in [4.69, 9.17) is 4.98 Å². The fraction of sp³-hybridized carbons (Fsp3) is 0.625. The molecule has 3 heterocycles. The van der Waals surface area contributed by atoms with E-state index in [0.717, 1.165) is 23.8 Å². The number of aryl methyl sites for hydroxylation is 2. The van der Waals surface area contributed by atoms with E-state index < -0.39 is 0 Å². The Morgan fingerprint density at radius 2 is 2.00 bits per heavy atom. The number of nitrogens with zero attached hydrogens (tertiary/aromatic N) is 5. The van der Waals surface area contributed by atoms with Crippen LogP contribution in [0.5, 0.6) is 0 Å². The molecule has 0 N–H and O–H groups in total. The van der Waals surface area contributed by atoms with Crippen molar-refractivity contribution < 1.29 is 0 Å². The van der Waals surface area contributed by atoms with Crippen LogP contribution in [0.3, 0.4) is 0 Å². The number of likely N-dealkylation sites (N-methyl/N-ethyl adjacent to an activating group) is 1. The monoisotopic (exact) mass is 287 g/mol. The first-order chi connectivity index (χ1) is 9.97. The topological polar surface area (TPSA) is 37.2 Å². The smallest absolute Gasteiger partial charge is 0.146 e. The Morgan fingerprint density at radius 3 is 2.67 bits per heavy atom. The van der Waals surface area contributed by atoms with Crippen molar-refractivity contribution in [3.05, 3.63) is 17.6 Å². The Kier molecular flexibility index (Phi) is 3.61. The van der Waals surface area contributed by atoms with Crippen LogP contribution in [-0.2, 0) is 0 Å². The van der Waals surface area contributed by atoms with Gasteiger partial charge in [-0.1, -0.05) is 0 Å². The molecule has 114 valence electrons. The van der Waals surface area contributed by atoms with Crippen LogP contribution < -0.4 is 4.90 Å². The molecule has 1 fully saturated rings. The van der Waals surface area contributed by atoms with Crippen LogP contribution in [0.1, 0.15) is 30.3 Å². The summed E-state index contributed by atoms with van der Waals surface area (Å²) in [5, 5.41) is 1.19. The molecule has 1 unspecified atom stereocenters. The van der Waals surface area contributed by atoms with Crippen molar-refractivity contribution >= 4 is 16.9 Å². The maximum absolute atomic E-state index is 4.75. The van der Waals surface area contributed by atoms with E-state index in [0.29, 0.717) is 6.04 Å². The molecule has 0 amide bonds. The Hall–Kier alpha value is -1.62. The minimum absolute atomic E-state index is 0.518. The Bertz CT molecular complexity index is 658. The van der Waals surface area contributed by atoms with E-state index in [1.54, 1.807) is 0 Å². The van der Waals surface area contributed by atoms with E-state index in [9.17, 15) is 0 Å². The molecule has 0 bridgehead atoms. The molecular weight excluding hydrogens is 262 g/mol. The van der Waals surface area contributed by atoms with Gasteiger partial charge in [0.1, 0.15) is 17.3 Å². The van der Waals surface area contributed by atoms with Crippen molar-refractivity contribution in [2.75, 3.05) is 39.1 Å². The SMILES string of the molecule is Cc1nc(N(C)C)c2c(C)cn(C3CCCN(C)C3)c2n1. The zero-order valence-electron chi connectivity index (χ0n) is 13.7. The van der Waals surface area contributed by atoms with Gasteiger partial charge in [0.2, 0.25) is 0 Å². The van der Waals surface area contributed by atoms with Gasteiger partial charge < -0.3 is 14.4 Å². The predicted octanol–water partition coefficient (Wildman–Crippen LogP) is 2.38. The Balaban J connectivity index is 2.16. The van der Waals surface area contributed by atoms with Gasteiger partial charge in [0.15, 0.2) is 0 Å².